The van der Waals surface area contributed by atoms with E-state index >= 15 is 0 Å². The normalized spacial score (nSPS) is 16.3. The molecule has 1 unspecified atom stereocenters. The van der Waals surface area contributed by atoms with Crippen molar-refractivity contribution in [2.24, 2.45) is 4.99 Å². The number of nitrogens with one attached hydrogen (secondary N) is 3. The third-order valence-electron chi connectivity index (χ3n) is 4.48. The maximum absolute atomic E-state index is 12.1. The lowest BCUT2D eigenvalue weighted by atomic mass is 10.1. The SMILES string of the molecule is CCNC(=NCCNC(=O)c1cccc(C)c1)NC1CCN(C(=O)CC)C1.I. The topological polar surface area (TPSA) is 85.8 Å². The summed E-state index contributed by atoms with van der Waals surface area (Å²) in [4.78, 5) is 30.4. The molecule has 7 nitrogen and oxygen atoms in total. The maximum Gasteiger partial charge on any atom is 0.251 e. The summed E-state index contributed by atoms with van der Waals surface area (Å²) in [6.07, 6.45) is 1.46. The molecule has 0 spiro atoms. The molecule has 3 N–H and O–H groups in total. The molecule has 1 aliphatic rings. The monoisotopic (exact) mass is 501 g/mol. The van der Waals surface area contributed by atoms with Crippen molar-refractivity contribution in [1.29, 1.82) is 0 Å². The Balaban J connectivity index is 0.00000392. The number of carbonyl (C=O) groups is 2. The number of aryl methyl sites for hydroxylation is 1. The number of amides is 2. The van der Waals surface area contributed by atoms with Crippen molar-refractivity contribution < 1.29 is 9.59 Å². The highest BCUT2D eigenvalue weighted by atomic mass is 127. The number of rotatable bonds is 7. The summed E-state index contributed by atoms with van der Waals surface area (Å²) in [5.74, 6) is 0.828. The molecule has 0 saturated carbocycles. The molecule has 1 heterocycles. The van der Waals surface area contributed by atoms with E-state index in [2.05, 4.69) is 20.9 Å². The van der Waals surface area contributed by atoms with Crippen LogP contribution >= 0.6 is 24.0 Å². The lowest BCUT2D eigenvalue weighted by molar-refractivity contribution is -0.129. The number of aliphatic imine (C=N–C) groups is 1. The minimum absolute atomic E-state index is 0. The van der Waals surface area contributed by atoms with Crippen LogP contribution in [0.4, 0.5) is 0 Å². The van der Waals surface area contributed by atoms with Crippen LogP contribution in [0.5, 0.6) is 0 Å². The highest BCUT2D eigenvalue weighted by Crippen LogP contribution is 2.10. The van der Waals surface area contributed by atoms with Crippen LogP contribution in [0.25, 0.3) is 0 Å². The first-order valence-electron chi connectivity index (χ1n) is 9.71. The fourth-order valence-corrected chi connectivity index (χ4v) is 3.07. The molecule has 2 amide bonds. The smallest absolute Gasteiger partial charge is 0.251 e. The van der Waals surface area contributed by atoms with Gasteiger partial charge < -0.3 is 20.9 Å². The quantitative estimate of drug-likeness (QED) is 0.231. The zero-order valence-corrected chi connectivity index (χ0v) is 19.3. The van der Waals surface area contributed by atoms with E-state index in [0.29, 0.717) is 31.6 Å². The minimum Gasteiger partial charge on any atom is -0.357 e. The molecule has 8 heteroatoms. The van der Waals surface area contributed by atoms with Crippen LogP contribution < -0.4 is 16.0 Å². The van der Waals surface area contributed by atoms with Gasteiger partial charge >= 0.3 is 0 Å². The number of nitrogens with zero attached hydrogens (tertiary/aromatic N) is 2. The number of carbonyl (C=O) groups excluding carboxylic acids is 2. The van der Waals surface area contributed by atoms with Crippen molar-refractivity contribution in [3.05, 3.63) is 35.4 Å². The summed E-state index contributed by atoms with van der Waals surface area (Å²) < 4.78 is 0. The predicted molar refractivity (Wildman–Crippen MR) is 123 cm³/mol. The van der Waals surface area contributed by atoms with Crippen LogP contribution in [0.3, 0.4) is 0 Å². The molecule has 1 aliphatic heterocycles. The zero-order valence-electron chi connectivity index (χ0n) is 17.0. The Morgan fingerprint density at radius 1 is 1.25 bits per heavy atom. The average molecular weight is 501 g/mol. The molecular formula is C20H32IN5O2. The molecule has 1 aromatic rings. The second-order valence-corrected chi connectivity index (χ2v) is 6.71. The lowest BCUT2D eigenvalue weighted by Crippen LogP contribution is -2.45. The largest absolute Gasteiger partial charge is 0.357 e. The molecule has 2 rings (SSSR count). The standard InChI is InChI=1S/C20H31N5O2.HI/c1-4-18(26)25-12-9-17(14-25)24-20(21-5-2)23-11-10-22-19(27)16-8-6-7-15(3)13-16;/h6-8,13,17H,4-5,9-12,14H2,1-3H3,(H,22,27)(H2,21,23,24);1H. The predicted octanol–water partition coefficient (Wildman–Crippen LogP) is 1.91. The Kier molecular flexibility index (Phi) is 10.9. The van der Waals surface area contributed by atoms with Crippen molar-refractivity contribution in [2.45, 2.75) is 39.7 Å². The number of benzene rings is 1. The van der Waals surface area contributed by atoms with Gasteiger partial charge in [-0.3, -0.25) is 14.6 Å². The van der Waals surface area contributed by atoms with E-state index in [1.165, 1.54) is 0 Å². The second kappa shape index (κ2) is 12.6. The summed E-state index contributed by atoms with van der Waals surface area (Å²) in [6, 6.07) is 7.73. The molecule has 0 radical (unpaired) electrons. The number of halogens is 1. The first kappa shape index (κ1) is 24.2. The Hall–Kier alpha value is -1.84. The molecular weight excluding hydrogens is 469 g/mol. The van der Waals surface area contributed by atoms with Gasteiger partial charge in [0.05, 0.1) is 6.54 Å². The van der Waals surface area contributed by atoms with Crippen LogP contribution in [0, 0.1) is 6.92 Å². The molecule has 28 heavy (non-hydrogen) atoms. The molecule has 0 aromatic heterocycles. The number of hydrogen-bond donors (Lipinski definition) is 3. The minimum atomic E-state index is -0.0867. The second-order valence-electron chi connectivity index (χ2n) is 6.71. The van der Waals surface area contributed by atoms with Crippen LogP contribution in [-0.4, -0.2) is 61.4 Å². The van der Waals surface area contributed by atoms with Crippen molar-refractivity contribution in [3.8, 4) is 0 Å². The fourth-order valence-electron chi connectivity index (χ4n) is 3.07. The van der Waals surface area contributed by atoms with E-state index in [1.807, 2.05) is 43.9 Å². The van der Waals surface area contributed by atoms with Gasteiger partial charge in [0.1, 0.15) is 0 Å². The van der Waals surface area contributed by atoms with Crippen molar-refractivity contribution >= 4 is 41.8 Å². The highest BCUT2D eigenvalue weighted by molar-refractivity contribution is 14.0. The summed E-state index contributed by atoms with van der Waals surface area (Å²) in [7, 11) is 0. The van der Waals surface area contributed by atoms with Gasteiger partial charge in [0.15, 0.2) is 5.96 Å². The number of guanidine groups is 1. The zero-order chi connectivity index (χ0) is 19.6. The number of hydrogen-bond acceptors (Lipinski definition) is 3. The summed E-state index contributed by atoms with van der Waals surface area (Å²) in [5.41, 5.74) is 1.72. The van der Waals surface area contributed by atoms with Crippen LogP contribution in [0.15, 0.2) is 29.3 Å². The van der Waals surface area contributed by atoms with Gasteiger partial charge in [-0.15, -0.1) is 24.0 Å². The van der Waals surface area contributed by atoms with Gasteiger partial charge in [-0.1, -0.05) is 24.6 Å². The Morgan fingerprint density at radius 2 is 2.04 bits per heavy atom. The van der Waals surface area contributed by atoms with Crippen molar-refractivity contribution in [3.63, 3.8) is 0 Å². The lowest BCUT2D eigenvalue weighted by Gasteiger charge is -2.18. The summed E-state index contributed by atoms with van der Waals surface area (Å²) >= 11 is 0. The molecule has 0 bridgehead atoms. The maximum atomic E-state index is 12.1. The van der Waals surface area contributed by atoms with E-state index < -0.39 is 0 Å². The third-order valence-corrected chi connectivity index (χ3v) is 4.48. The first-order valence-corrected chi connectivity index (χ1v) is 9.71. The molecule has 0 aliphatic carbocycles. The van der Waals surface area contributed by atoms with Gasteiger partial charge in [-0.2, -0.15) is 0 Å². The van der Waals surface area contributed by atoms with E-state index in [1.54, 1.807) is 6.07 Å². The average Bonchev–Trinajstić information content (AvgIpc) is 3.13. The van der Waals surface area contributed by atoms with E-state index in [9.17, 15) is 9.59 Å². The van der Waals surface area contributed by atoms with Crippen LogP contribution in [0.1, 0.15) is 42.6 Å². The van der Waals surface area contributed by atoms with Gasteiger partial charge in [0.25, 0.3) is 5.91 Å². The molecule has 1 atom stereocenters. The van der Waals surface area contributed by atoms with E-state index in [0.717, 1.165) is 31.0 Å². The summed E-state index contributed by atoms with van der Waals surface area (Å²) in [5, 5.41) is 9.50. The van der Waals surface area contributed by atoms with Gasteiger partial charge in [-0.05, 0) is 32.4 Å². The third kappa shape index (κ3) is 7.65. The Labute approximate surface area is 184 Å². The Morgan fingerprint density at radius 3 is 2.71 bits per heavy atom. The first-order chi connectivity index (χ1) is 13.0. The Bertz CT molecular complexity index is 680. The van der Waals surface area contributed by atoms with Crippen LogP contribution in [0.2, 0.25) is 0 Å². The van der Waals surface area contributed by atoms with E-state index in [-0.39, 0.29) is 41.8 Å². The van der Waals surface area contributed by atoms with Crippen molar-refractivity contribution in [1.82, 2.24) is 20.9 Å². The van der Waals surface area contributed by atoms with Gasteiger partial charge in [-0.25, -0.2) is 0 Å². The van der Waals surface area contributed by atoms with Gasteiger partial charge in [0, 0.05) is 44.2 Å². The van der Waals surface area contributed by atoms with Gasteiger partial charge in [0.2, 0.25) is 5.91 Å². The fraction of sp³-hybridized carbons (Fsp3) is 0.550. The summed E-state index contributed by atoms with van der Waals surface area (Å²) in [6.45, 7) is 9.07. The van der Waals surface area contributed by atoms with Crippen molar-refractivity contribution in [2.75, 3.05) is 32.7 Å². The number of likely N-dealkylation sites (tertiary alicyclic amines) is 1. The van der Waals surface area contributed by atoms with Crippen LogP contribution in [-0.2, 0) is 4.79 Å². The molecule has 1 fully saturated rings. The molecule has 1 aromatic carbocycles. The molecule has 1 saturated heterocycles. The highest BCUT2D eigenvalue weighted by Gasteiger charge is 2.25. The van der Waals surface area contributed by atoms with E-state index in [4.69, 9.17) is 0 Å². The molecule has 156 valence electrons.